The molecular weight excluding hydrogens is 716 g/mol. The van der Waals surface area contributed by atoms with Gasteiger partial charge in [0.05, 0.1) is 22.8 Å². The normalized spacial score (nSPS) is 21.6. The zero-order valence-electron chi connectivity index (χ0n) is 29.8. The number of primary amides is 1. The zero-order valence-corrected chi connectivity index (χ0v) is 30.6. The molecule has 1 aliphatic heterocycles. The highest BCUT2D eigenvalue weighted by Crippen LogP contribution is 2.35. The summed E-state index contributed by atoms with van der Waals surface area (Å²) in [5, 5.41) is 24.5. The Bertz CT molecular complexity index is 1800. The van der Waals surface area contributed by atoms with E-state index in [-0.39, 0.29) is 43.7 Å². The number of halogens is 2. The Balaban J connectivity index is 1.48. The molecule has 15 nitrogen and oxygen atoms in total. The van der Waals surface area contributed by atoms with Gasteiger partial charge in [0, 0.05) is 18.5 Å². The van der Waals surface area contributed by atoms with E-state index in [4.69, 9.17) is 5.73 Å². The summed E-state index contributed by atoms with van der Waals surface area (Å²) in [6, 6.07) is 0.927. The lowest BCUT2D eigenvalue weighted by Gasteiger charge is -2.38. The van der Waals surface area contributed by atoms with Crippen molar-refractivity contribution in [2.75, 3.05) is 6.54 Å². The summed E-state index contributed by atoms with van der Waals surface area (Å²) in [5.41, 5.74) is 2.74. The molecule has 2 heterocycles. The molecule has 5 N–H and O–H groups in total. The fourth-order valence-electron chi connectivity index (χ4n) is 7.87. The number of rotatable bonds is 13. The van der Waals surface area contributed by atoms with Crippen molar-refractivity contribution in [2.45, 2.75) is 131 Å². The summed E-state index contributed by atoms with van der Waals surface area (Å²) >= 11 is 0. The van der Waals surface area contributed by atoms with Gasteiger partial charge in [0.15, 0.2) is 0 Å². The van der Waals surface area contributed by atoms with Crippen LogP contribution >= 0.6 is 0 Å². The molecule has 2 aromatic rings. The lowest BCUT2D eigenvalue weighted by atomic mass is 9.78. The molecule has 4 amide bonds. The molecule has 3 aliphatic rings. The Morgan fingerprint density at radius 2 is 1.64 bits per heavy atom. The van der Waals surface area contributed by atoms with E-state index in [1.807, 2.05) is 0 Å². The van der Waals surface area contributed by atoms with Gasteiger partial charge in [-0.2, -0.15) is 8.78 Å². The number of ketones is 1. The Hall–Kier alpha value is -4.32. The second kappa shape index (κ2) is 16.0. The molecule has 2 aliphatic carbocycles. The van der Waals surface area contributed by atoms with E-state index < -0.39 is 79.2 Å². The maximum Gasteiger partial charge on any atom is 0.341 e. The van der Waals surface area contributed by atoms with Gasteiger partial charge < -0.3 is 26.4 Å². The summed E-state index contributed by atoms with van der Waals surface area (Å²) in [6.45, 7) is 2.99. The van der Waals surface area contributed by atoms with Crippen LogP contribution in [0.5, 0.6) is 0 Å². The largest absolute Gasteiger partial charge is 0.384 e. The van der Waals surface area contributed by atoms with Crippen molar-refractivity contribution in [3.63, 3.8) is 0 Å². The predicted molar refractivity (Wildman–Crippen MR) is 185 cm³/mol. The lowest BCUT2D eigenvalue weighted by molar-refractivity contribution is -0.145. The molecule has 5 rings (SSSR count). The number of amides is 4. The highest BCUT2D eigenvalue weighted by molar-refractivity contribution is 7.91. The number of hydrogen-bond acceptors (Lipinski definition) is 10. The van der Waals surface area contributed by atoms with Crippen LogP contribution in [0, 0.1) is 5.92 Å². The first-order valence-corrected chi connectivity index (χ1v) is 19.5. The number of nitrogens with zero attached hydrogens (tertiary/aromatic N) is 4. The van der Waals surface area contributed by atoms with Crippen LogP contribution in [0.4, 0.5) is 8.78 Å². The van der Waals surface area contributed by atoms with Crippen LogP contribution in [-0.4, -0.2) is 92.8 Å². The van der Waals surface area contributed by atoms with Gasteiger partial charge in [0.1, 0.15) is 23.2 Å². The van der Waals surface area contributed by atoms with Crippen molar-refractivity contribution in [3.05, 3.63) is 41.7 Å². The zero-order chi connectivity index (χ0) is 38.7. The molecule has 290 valence electrons. The van der Waals surface area contributed by atoms with Crippen molar-refractivity contribution in [1.29, 1.82) is 0 Å². The third kappa shape index (κ3) is 8.74. The number of aliphatic hydroxyl groups is 1. The maximum absolute atomic E-state index is 14.7. The minimum atomic E-state index is -4.90. The number of nitrogens with one attached hydrogen (secondary N) is 2. The monoisotopic (exact) mass is 763 g/mol. The van der Waals surface area contributed by atoms with Gasteiger partial charge in [-0.1, -0.05) is 56.6 Å². The van der Waals surface area contributed by atoms with Crippen LogP contribution in [0.15, 0.2) is 35.4 Å². The van der Waals surface area contributed by atoms with Crippen LogP contribution in [0.25, 0.3) is 0 Å². The Morgan fingerprint density at radius 3 is 2.23 bits per heavy atom. The first kappa shape index (κ1) is 39.9. The second-order valence-electron chi connectivity index (χ2n) is 14.9. The average Bonchev–Trinajstić information content (AvgIpc) is 3.80. The predicted octanol–water partition coefficient (Wildman–Crippen LogP) is 2.29. The van der Waals surface area contributed by atoms with Crippen molar-refractivity contribution in [2.24, 2.45) is 11.7 Å². The number of aromatic nitrogens is 3. The fourth-order valence-corrected chi connectivity index (χ4v) is 8.59. The molecule has 0 spiro atoms. The molecule has 3 fully saturated rings. The number of hydrogen-bond donors (Lipinski definition) is 4. The highest BCUT2D eigenvalue weighted by atomic mass is 32.2. The summed E-state index contributed by atoms with van der Waals surface area (Å²) in [6.07, 6.45) is 8.38. The number of benzene rings is 1. The van der Waals surface area contributed by atoms with Crippen LogP contribution in [0.3, 0.4) is 0 Å². The Morgan fingerprint density at radius 1 is 1.02 bits per heavy atom. The van der Waals surface area contributed by atoms with Gasteiger partial charge in [-0.25, -0.2) is 13.1 Å². The number of sulfone groups is 1. The van der Waals surface area contributed by atoms with E-state index in [9.17, 15) is 46.3 Å². The third-order valence-electron chi connectivity index (χ3n) is 10.7. The van der Waals surface area contributed by atoms with Gasteiger partial charge in [-0.3, -0.25) is 24.0 Å². The van der Waals surface area contributed by atoms with Gasteiger partial charge in [-0.15, -0.1) is 5.10 Å². The first-order chi connectivity index (χ1) is 24.9. The van der Waals surface area contributed by atoms with Crippen LogP contribution in [-0.2, 0) is 34.6 Å². The molecule has 2 saturated carbocycles. The molecule has 0 bridgehead atoms. The lowest BCUT2D eigenvalue weighted by Crippen LogP contribution is -2.62. The van der Waals surface area contributed by atoms with Gasteiger partial charge in [0.25, 0.3) is 11.8 Å². The Kier molecular flexibility index (Phi) is 12.0. The summed E-state index contributed by atoms with van der Waals surface area (Å²) < 4.78 is 51.5. The van der Waals surface area contributed by atoms with Crippen molar-refractivity contribution in [1.82, 2.24) is 30.5 Å². The minimum Gasteiger partial charge on any atom is -0.384 e. The van der Waals surface area contributed by atoms with E-state index in [2.05, 4.69) is 20.9 Å². The van der Waals surface area contributed by atoms with E-state index in [1.54, 1.807) is 0 Å². The van der Waals surface area contributed by atoms with E-state index >= 15 is 0 Å². The summed E-state index contributed by atoms with van der Waals surface area (Å²) in [5.74, 6) is -7.75. The molecule has 0 unspecified atom stereocenters. The van der Waals surface area contributed by atoms with E-state index in [0.717, 1.165) is 62.8 Å². The topological polar surface area (TPSA) is 224 Å². The SMILES string of the molecule is CC(C)(O)c1cnnn1[C@H]1C[C@@H](C(=O)NC2(C(=O)C(N)=O)CCCCC2)N(C(=O)[C@@H](CC2CCCCC2)NC(=O)c2ccc(S(=O)(=O)C(F)F)cc2)C1. The minimum absolute atomic E-state index is 0.00494. The standard InChI is InChI=1S/C35H47F2N7O8S/c1-34(2,50)27-19-39-42-44(27)23-18-26(31(48)41-35(28(45)29(38)46)15-7-4-8-16-35)43(20-23)32(49)25(17-21-9-5-3-6-10-21)40-30(47)22-11-13-24(14-12-22)53(51,52)33(36)37/h11-14,19,21,23,25-26,33,50H,3-10,15-18,20H2,1-2H3,(H2,38,46)(H,40,47)(H,41,48)/t23-,25+,26-/m0/s1. The van der Waals surface area contributed by atoms with Crippen LogP contribution < -0.4 is 16.4 Å². The maximum atomic E-state index is 14.7. The molecule has 0 radical (unpaired) electrons. The number of alkyl halides is 2. The molecular formula is C35H47F2N7O8S. The third-order valence-corrected chi connectivity index (χ3v) is 12.1. The van der Waals surface area contributed by atoms with Crippen molar-refractivity contribution < 1.29 is 46.3 Å². The van der Waals surface area contributed by atoms with Crippen LogP contribution in [0.2, 0.25) is 0 Å². The first-order valence-electron chi connectivity index (χ1n) is 18.0. The summed E-state index contributed by atoms with van der Waals surface area (Å²) in [4.78, 5) is 68.5. The molecule has 1 aromatic heterocycles. The summed E-state index contributed by atoms with van der Waals surface area (Å²) in [7, 11) is -4.90. The molecule has 3 atom stereocenters. The van der Waals surface area contributed by atoms with Gasteiger partial charge >= 0.3 is 5.76 Å². The Labute approximate surface area is 306 Å². The average molecular weight is 764 g/mol. The fraction of sp³-hybridized carbons (Fsp3) is 0.629. The van der Waals surface area contributed by atoms with Gasteiger partial charge in [0.2, 0.25) is 27.4 Å². The highest BCUT2D eigenvalue weighted by Gasteiger charge is 2.49. The molecule has 18 heteroatoms. The number of likely N-dealkylation sites (tertiary alicyclic amines) is 1. The van der Waals surface area contributed by atoms with Gasteiger partial charge in [-0.05, 0) is 63.3 Å². The molecule has 1 aromatic carbocycles. The van der Waals surface area contributed by atoms with E-state index in [0.29, 0.717) is 18.5 Å². The second-order valence-corrected chi connectivity index (χ2v) is 16.9. The quantitative estimate of drug-likeness (QED) is 0.218. The number of carbonyl (C=O) groups is 5. The van der Waals surface area contributed by atoms with Crippen molar-refractivity contribution >= 4 is 39.2 Å². The molecule has 1 saturated heterocycles. The van der Waals surface area contributed by atoms with E-state index in [1.165, 1.54) is 29.6 Å². The van der Waals surface area contributed by atoms with Crippen LogP contribution in [0.1, 0.15) is 113 Å². The number of carbonyl (C=O) groups excluding carboxylic acids is 5. The smallest absolute Gasteiger partial charge is 0.341 e. The number of nitrogens with two attached hydrogens (primary N) is 1. The van der Waals surface area contributed by atoms with Crippen molar-refractivity contribution in [3.8, 4) is 0 Å². The molecule has 53 heavy (non-hydrogen) atoms. The number of Topliss-reactive ketones (excluding diaryl/α,β-unsaturated/α-hetero) is 1.